The second kappa shape index (κ2) is 11.2. The molecule has 180 valence electrons. The van der Waals surface area contributed by atoms with Crippen molar-refractivity contribution in [2.75, 3.05) is 0 Å². The third kappa shape index (κ3) is 6.58. The number of hydrogen-bond acceptors (Lipinski definition) is 8. The van der Waals surface area contributed by atoms with Gasteiger partial charge in [-0.2, -0.15) is 0 Å². The van der Waals surface area contributed by atoms with Crippen LogP contribution in [-0.4, -0.2) is 30.0 Å². The van der Waals surface area contributed by atoms with Crippen LogP contribution in [0.3, 0.4) is 0 Å². The van der Waals surface area contributed by atoms with Crippen LogP contribution in [0.15, 0.2) is 65.5 Å². The number of nitro benzene ring substituents is 1. The van der Waals surface area contributed by atoms with Gasteiger partial charge in [-0.3, -0.25) is 14.8 Å². The van der Waals surface area contributed by atoms with Crippen molar-refractivity contribution in [2.24, 2.45) is 0 Å². The Balaban J connectivity index is 1.26. The van der Waals surface area contributed by atoms with E-state index >= 15 is 0 Å². The number of aromatic nitrogens is 4. The first kappa shape index (κ1) is 23.8. The number of hydrogen-bond donors (Lipinski definition) is 1. The van der Waals surface area contributed by atoms with E-state index in [-0.39, 0.29) is 23.7 Å². The summed E-state index contributed by atoms with van der Waals surface area (Å²) in [5.74, 6) is 0.136. The summed E-state index contributed by atoms with van der Waals surface area (Å²) in [4.78, 5) is 14.3. The van der Waals surface area contributed by atoms with Crippen LogP contribution < -0.4 is 4.74 Å². The molecule has 11 heteroatoms. The lowest BCUT2D eigenvalue weighted by Crippen LogP contribution is -2.03. The van der Waals surface area contributed by atoms with Gasteiger partial charge in [-0.05, 0) is 42.7 Å². The lowest BCUT2D eigenvalue weighted by molar-refractivity contribution is -0.385. The fourth-order valence-corrected chi connectivity index (χ4v) is 3.30. The summed E-state index contributed by atoms with van der Waals surface area (Å²) in [6.07, 6.45) is 8.50. The first-order chi connectivity index (χ1) is 17.0. The largest absolute Gasteiger partial charge is 0.487 e. The van der Waals surface area contributed by atoms with Gasteiger partial charge in [0.1, 0.15) is 30.1 Å². The van der Waals surface area contributed by atoms with E-state index < -0.39 is 16.8 Å². The number of non-ortho nitro benzene ring substituents is 1. The molecule has 0 bridgehead atoms. The van der Waals surface area contributed by atoms with E-state index in [1.54, 1.807) is 29.2 Å². The quantitative estimate of drug-likeness (QED) is 0.244. The van der Waals surface area contributed by atoms with Crippen LogP contribution in [0.25, 0.3) is 12.2 Å². The van der Waals surface area contributed by atoms with Gasteiger partial charge in [0, 0.05) is 30.4 Å². The smallest absolute Gasteiger partial charge is 0.272 e. The average Bonchev–Trinajstić information content (AvgIpc) is 3.54. The summed E-state index contributed by atoms with van der Waals surface area (Å²) in [5, 5.41) is 28.7. The third-order valence-electron chi connectivity index (χ3n) is 5.16. The molecule has 1 atom stereocenters. The Morgan fingerprint density at radius 2 is 2.06 bits per heavy atom. The van der Waals surface area contributed by atoms with Gasteiger partial charge < -0.3 is 14.3 Å². The molecule has 1 N–H and O–H groups in total. The minimum absolute atomic E-state index is 0.156. The van der Waals surface area contributed by atoms with E-state index in [1.807, 2.05) is 12.1 Å². The van der Waals surface area contributed by atoms with Crippen LogP contribution in [0, 0.1) is 15.9 Å². The first-order valence-electron chi connectivity index (χ1n) is 10.8. The number of rotatable bonds is 11. The third-order valence-corrected chi connectivity index (χ3v) is 5.16. The van der Waals surface area contributed by atoms with Crippen molar-refractivity contribution in [3.05, 3.63) is 99.8 Å². The van der Waals surface area contributed by atoms with Crippen molar-refractivity contribution in [2.45, 2.75) is 32.1 Å². The second-order valence-corrected chi connectivity index (χ2v) is 7.66. The Morgan fingerprint density at radius 1 is 1.23 bits per heavy atom. The molecule has 1 unspecified atom stereocenters. The summed E-state index contributed by atoms with van der Waals surface area (Å²) in [5.41, 5.74) is 1.18. The fourth-order valence-electron chi connectivity index (χ4n) is 3.30. The first-order valence-corrected chi connectivity index (χ1v) is 10.8. The number of ether oxygens (including phenoxy) is 1. The summed E-state index contributed by atoms with van der Waals surface area (Å²) < 4.78 is 26.8. The minimum atomic E-state index is -0.714. The van der Waals surface area contributed by atoms with E-state index in [9.17, 15) is 19.6 Å². The molecule has 0 radical (unpaired) electrons. The van der Waals surface area contributed by atoms with Crippen LogP contribution in [-0.2, 0) is 13.2 Å². The Labute approximate surface area is 199 Å². The second-order valence-electron chi connectivity index (χ2n) is 7.66. The highest BCUT2D eigenvalue weighted by molar-refractivity contribution is 5.67. The molecule has 4 rings (SSSR count). The molecule has 10 nitrogen and oxygen atoms in total. The van der Waals surface area contributed by atoms with Gasteiger partial charge in [-0.25, -0.2) is 9.37 Å². The number of halogens is 1. The normalized spacial score (nSPS) is 12.2. The van der Waals surface area contributed by atoms with Crippen molar-refractivity contribution >= 4 is 17.8 Å². The maximum atomic E-state index is 14.0. The van der Waals surface area contributed by atoms with Crippen molar-refractivity contribution < 1.29 is 23.6 Å². The fraction of sp³-hybridized carbons (Fsp3) is 0.208. The molecule has 0 aliphatic carbocycles. The van der Waals surface area contributed by atoms with Crippen LogP contribution in [0.4, 0.5) is 10.1 Å². The summed E-state index contributed by atoms with van der Waals surface area (Å²) in [6.45, 7) is 0.846. The molecule has 0 aliphatic rings. The maximum Gasteiger partial charge on any atom is 0.272 e. The molecular weight excluding hydrogens is 457 g/mol. The molecule has 35 heavy (non-hydrogen) atoms. The number of aryl methyl sites for hydroxylation is 1. The number of oxazole rings is 1. The van der Waals surface area contributed by atoms with Gasteiger partial charge in [0.15, 0.2) is 0 Å². The van der Waals surface area contributed by atoms with Crippen molar-refractivity contribution in [1.29, 1.82) is 0 Å². The van der Waals surface area contributed by atoms with Crippen LogP contribution in [0.2, 0.25) is 0 Å². The van der Waals surface area contributed by atoms with E-state index in [2.05, 4.69) is 15.3 Å². The number of benzene rings is 2. The number of aliphatic hydroxyl groups excluding tert-OH is 1. The summed E-state index contributed by atoms with van der Waals surface area (Å²) in [6, 6.07) is 10.6. The van der Waals surface area contributed by atoms with Crippen molar-refractivity contribution in [3.8, 4) is 5.75 Å². The molecule has 0 saturated carbocycles. The van der Waals surface area contributed by atoms with Gasteiger partial charge in [-0.15, -0.1) is 5.10 Å². The van der Waals surface area contributed by atoms with Crippen LogP contribution in [0.1, 0.15) is 41.7 Å². The Kier molecular flexibility index (Phi) is 7.58. The standard InChI is InChI=1S/C24H22FN5O5/c25-22-14-20(30(32)33)7-3-17(22)6-10-24-27-19(16-35-24)15-34-21-8-4-18(5-9-21)23(31)2-1-12-29-13-11-26-28-29/h3-11,13-14,16,23,31H,1-2,12,15H2/b10-6+. The zero-order chi connectivity index (χ0) is 24.6. The van der Waals surface area contributed by atoms with E-state index in [0.29, 0.717) is 24.4 Å². The molecule has 2 heterocycles. The van der Waals surface area contributed by atoms with E-state index in [1.165, 1.54) is 30.5 Å². The number of nitrogens with zero attached hydrogens (tertiary/aromatic N) is 5. The molecule has 0 amide bonds. The summed E-state index contributed by atoms with van der Waals surface area (Å²) in [7, 11) is 0. The molecular formula is C24H22FN5O5. The lowest BCUT2D eigenvalue weighted by atomic mass is 10.0. The van der Waals surface area contributed by atoms with Gasteiger partial charge in [-0.1, -0.05) is 17.3 Å². The number of nitro groups is 1. The molecule has 4 aromatic rings. The Hall–Kier alpha value is -4.38. The highest BCUT2D eigenvalue weighted by Crippen LogP contribution is 2.23. The van der Waals surface area contributed by atoms with Gasteiger partial charge in [0.25, 0.3) is 5.69 Å². The zero-order valence-electron chi connectivity index (χ0n) is 18.5. The average molecular weight is 479 g/mol. The number of aliphatic hydroxyl groups is 1. The highest BCUT2D eigenvalue weighted by atomic mass is 19.1. The van der Waals surface area contributed by atoms with Gasteiger partial charge >= 0.3 is 0 Å². The van der Waals surface area contributed by atoms with Crippen molar-refractivity contribution in [1.82, 2.24) is 20.0 Å². The predicted octanol–water partition coefficient (Wildman–Crippen LogP) is 4.58. The Bertz CT molecular complexity index is 1290. The molecule has 2 aromatic carbocycles. The van der Waals surface area contributed by atoms with Crippen LogP contribution >= 0.6 is 0 Å². The SMILES string of the molecule is O=[N+]([O-])c1ccc(/C=C/c2nc(COc3ccc(C(O)CCCn4ccnn4)cc3)co2)c(F)c1. The maximum absolute atomic E-state index is 14.0. The molecule has 0 aliphatic heterocycles. The predicted molar refractivity (Wildman–Crippen MR) is 123 cm³/mol. The molecule has 0 fully saturated rings. The Morgan fingerprint density at radius 3 is 2.77 bits per heavy atom. The molecule has 0 spiro atoms. The highest BCUT2D eigenvalue weighted by Gasteiger charge is 2.10. The van der Waals surface area contributed by atoms with E-state index in [4.69, 9.17) is 9.15 Å². The molecule has 0 saturated heterocycles. The minimum Gasteiger partial charge on any atom is -0.487 e. The van der Waals surface area contributed by atoms with Crippen molar-refractivity contribution in [3.63, 3.8) is 0 Å². The van der Waals surface area contributed by atoms with Crippen LogP contribution in [0.5, 0.6) is 5.75 Å². The lowest BCUT2D eigenvalue weighted by Gasteiger charge is -2.12. The topological polar surface area (TPSA) is 129 Å². The monoisotopic (exact) mass is 479 g/mol. The molecule has 2 aromatic heterocycles. The van der Waals surface area contributed by atoms with E-state index in [0.717, 1.165) is 18.1 Å². The van der Waals surface area contributed by atoms with Gasteiger partial charge in [0.05, 0.1) is 23.3 Å². The zero-order valence-corrected chi connectivity index (χ0v) is 18.5. The van der Waals surface area contributed by atoms with Gasteiger partial charge in [0.2, 0.25) is 5.89 Å². The summed E-state index contributed by atoms with van der Waals surface area (Å²) >= 11 is 0.